The van der Waals surface area contributed by atoms with Crippen molar-refractivity contribution in [1.82, 2.24) is 19.7 Å². The minimum atomic E-state index is -0.630. The number of imidazole rings is 1. The van der Waals surface area contributed by atoms with Gasteiger partial charge in [-0.3, -0.25) is 4.68 Å². The van der Waals surface area contributed by atoms with E-state index in [1.54, 1.807) is 18.5 Å². The van der Waals surface area contributed by atoms with E-state index >= 15 is 0 Å². The Morgan fingerprint density at radius 1 is 0.800 bits per heavy atom. The Bertz CT molecular complexity index is 1790. The van der Waals surface area contributed by atoms with Gasteiger partial charge in [0.2, 0.25) is 0 Å². The van der Waals surface area contributed by atoms with Crippen LogP contribution in [0.1, 0.15) is 17.5 Å². The fourth-order valence-electron chi connectivity index (χ4n) is 5.99. The highest BCUT2D eigenvalue weighted by Crippen LogP contribution is 2.46. The first-order chi connectivity index (χ1) is 19.7. The molecule has 1 aliphatic carbocycles. The number of nitrogens with one attached hydrogen (secondary N) is 1. The summed E-state index contributed by atoms with van der Waals surface area (Å²) in [5, 5.41) is 5.37. The van der Waals surface area contributed by atoms with Crippen LogP contribution in [0, 0.1) is 11.7 Å². The Morgan fingerprint density at radius 3 is 2.17 bits per heavy atom. The highest BCUT2D eigenvalue weighted by Gasteiger charge is 2.44. The minimum Gasteiger partial charge on any atom is -0.345 e. The number of hydrogen-bond acceptors (Lipinski definition) is 2. The monoisotopic (exact) mass is 522 g/mol. The molecule has 0 bridgehead atoms. The van der Waals surface area contributed by atoms with Crippen molar-refractivity contribution in [3.8, 4) is 22.4 Å². The normalized spacial score (nSPS) is 15.1. The molecule has 0 radical (unpaired) electrons. The van der Waals surface area contributed by atoms with Gasteiger partial charge in [-0.15, -0.1) is 0 Å². The molecule has 194 valence electrons. The molecule has 1 aliphatic rings. The predicted octanol–water partition coefficient (Wildman–Crippen LogP) is 8.16. The quantitative estimate of drug-likeness (QED) is 0.240. The van der Waals surface area contributed by atoms with Crippen molar-refractivity contribution in [3.05, 3.63) is 157 Å². The molecule has 0 amide bonds. The van der Waals surface area contributed by atoms with Crippen molar-refractivity contribution in [2.24, 2.45) is 5.92 Å². The molecule has 1 atom stereocenters. The van der Waals surface area contributed by atoms with Gasteiger partial charge in [0.25, 0.3) is 0 Å². The van der Waals surface area contributed by atoms with E-state index in [0.29, 0.717) is 0 Å². The second-order valence-electron chi connectivity index (χ2n) is 10.1. The smallest absolute Gasteiger partial charge is 0.123 e. The highest BCUT2D eigenvalue weighted by atomic mass is 19.1. The van der Waals surface area contributed by atoms with Gasteiger partial charge in [0.15, 0.2) is 0 Å². The lowest BCUT2D eigenvalue weighted by Crippen LogP contribution is -2.43. The number of fused-ring (bicyclic) bond motifs is 1. The number of nitrogens with zero attached hydrogens (tertiary/aromatic N) is 3. The van der Waals surface area contributed by atoms with Crippen LogP contribution in [0.3, 0.4) is 0 Å². The molecule has 0 saturated heterocycles. The molecule has 0 saturated carbocycles. The van der Waals surface area contributed by atoms with Crippen LogP contribution in [0.2, 0.25) is 0 Å². The second kappa shape index (κ2) is 9.93. The molecule has 0 spiro atoms. The van der Waals surface area contributed by atoms with E-state index < -0.39 is 5.54 Å². The molecule has 1 N–H and O–H groups in total. The van der Waals surface area contributed by atoms with E-state index in [2.05, 4.69) is 106 Å². The summed E-state index contributed by atoms with van der Waals surface area (Å²) < 4.78 is 16.1. The molecule has 0 aliphatic heterocycles. The highest BCUT2D eigenvalue weighted by molar-refractivity contribution is 5.87. The maximum Gasteiger partial charge on any atom is 0.123 e. The molecular weight excluding hydrogens is 495 g/mol. The van der Waals surface area contributed by atoms with Gasteiger partial charge in [-0.25, -0.2) is 9.37 Å². The van der Waals surface area contributed by atoms with Crippen molar-refractivity contribution < 1.29 is 4.39 Å². The zero-order chi connectivity index (χ0) is 26.9. The zero-order valence-electron chi connectivity index (χ0n) is 21.8. The molecule has 2 heterocycles. The molecule has 7 rings (SSSR count). The predicted molar refractivity (Wildman–Crippen MR) is 158 cm³/mol. The number of hydrogen-bond donors (Lipinski definition) is 1. The van der Waals surface area contributed by atoms with E-state index in [1.165, 1.54) is 12.1 Å². The van der Waals surface area contributed by atoms with Crippen LogP contribution < -0.4 is 0 Å². The molecule has 0 fully saturated rings. The summed E-state index contributed by atoms with van der Waals surface area (Å²) in [6, 6.07) is 34.0. The Labute approximate surface area is 232 Å². The van der Waals surface area contributed by atoms with Gasteiger partial charge in [0.05, 0.1) is 17.4 Å². The van der Waals surface area contributed by atoms with Gasteiger partial charge < -0.3 is 4.98 Å². The summed E-state index contributed by atoms with van der Waals surface area (Å²) in [6.07, 6.45) is 13.5. The Morgan fingerprint density at radius 2 is 1.50 bits per heavy atom. The Hall–Kier alpha value is -5.03. The lowest BCUT2D eigenvalue weighted by atomic mass is 9.70. The van der Waals surface area contributed by atoms with Crippen LogP contribution in [0.4, 0.5) is 4.39 Å². The molecule has 4 nitrogen and oxygen atoms in total. The topological polar surface area (TPSA) is 46.5 Å². The summed E-state index contributed by atoms with van der Waals surface area (Å²) in [5.41, 5.74) is 7.15. The van der Waals surface area contributed by atoms with E-state index in [9.17, 15) is 4.39 Å². The van der Waals surface area contributed by atoms with Crippen LogP contribution in [0.15, 0.2) is 140 Å². The van der Waals surface area contributed by atoms with Crippen molar-refractivity contribution in [2.75, 3.05) is 0 Å². The molecule has 40 heavy (non-hydrogen) atoms. The first kappa shape index (κ1) is 24.0. The summed E-state index contributed by atoms with van der Waals surface area (Å²) in [4.78, 5) is 7.63. The molecule has 2 aromatic heterocycles. The van der Waals surface area contributed by atoms with Gasteiger partial charge in [-0.05, 0) is 59.5 Å². The molecular formula is C35H27FN4. The van der Waals surface area contributed by atoms with Crippen molar-refractivity contribution >= 4 is 11.0 Å². The fourth-order valence-corrected chi connectivity index (χ4v) is 5.99. The average molecular weight is 523 g/mol. The SMILES string of the molecule is Fc1ccc(-c2nn(C(c3ccccc3)(c3ccccc3)C3C=CC=CC3)cc2-c2ccc3nc[nH]c3c2)cc1. The van der Waals surface area contributed by atoms with Gasteiger partial charge >= 0.3 is 0 Å². The fraction of sp³-hybridized carbons (Fsp3) is 0.0857. The van der Waals surface area contributed by atoms with Gasteiger partial charge in [0, 0.05) is 23.2 Å². The summed E-state index contributed by atoms with van der Waals surface area (Å²) >= 11 is 0. The maximum absolute atomic E-state index is 14.0. The van der Waals surface area contributed by atoms with Crippen LogP contribution in [-0.4, -0.2) is 19.7 Å². The van der Waals surface area contributed by atoms with E-state index in [1.807, 2.05) is 18.2 Å². The van der Waals surface area contributed by atoms with E-state index in [0.717, 1.165) is 51.0 Å². The maximum atomic E-state index is 14.0. The summed E-state index contributed by atoms with van der Waals surface area (Å²) in [6.45, 7) is 0. The van der Waals surface area contributed by atoms with Crippen LogP contribution in [0.25, 0.3) is 33.4 Å². The van der Waals surface area contributed by atoms with Gasteiger partial charge in [-0.1, -0.05) is 91.0 Å². The van der Waals surface area contributed by atoms with Crippen molar-refractivity contribution in [3.63, 3.8) is 0 Å². The summed E-state index contributed by atoms with van der Waals surface area (Å²) in [7, 11) is 0. The number of aromatic amines is 1. The minimum absolute atomic E-state index is 0.103. The number of allylic oxidation sites excluding steroid dienone is 4. The molecule has 6 aromatic rings. The number of H-pyrrole nitrogens is 1. The third kappa shape index (κ3) is 3.98. The lowest BCUT2D eigenvalue weighted by Gasteiger charge is -2.41. The third-order valence-electron chi connectivity index (χ3n) is 7.87. The average Bonchev–Trinajstić information content (AvgIpc) is 3.67. The van der Waals surface area contributed by atoms with Crippen LogP contribution >= 0.6 is 0 Å². The Balaban J connectivity index is 1.55. The number of benzene rings is 4. The lowest BCUT2D eigenvalue weighted by molar-refractivity contribution is 0.293. The van der Waals surface area contributed by atoms with E-state index in [-0.39, 0.29) is 11.7 Å². The van der Waals surface area contributed by atoms with E-state index in [4.69, 9.17) is 5.10 Å². The molecule has 1 unspecified atom stereocenters. The second-order valence-corrected chi connectivity index (χ2v) is 10.1. The van der Waals surface area contributed by atoms with Crippen LogP contribution in [-0.2, 0) is 5.54 Å². The first-order valence-electron chi connectivity index (χ1n) is 13.5. The largest absolute Gasteiger partial charge is 0.345 e. The van der Waals surface area contributed by atoms with Gasteiger partial charge in [0.1, 0.15) is 17.1 Å². The van der Waals surface area contributed by atoms with Crippen molar-refractivity contribution in [1.29, 1.82) is 0 Å². The molecule has 4 aromatic carbocycles. The third-order valence-corrected chi connectivity index (χ3v) is 7.87. The van der Waals surface area contributed by atoms with Gasteiger partial charge in [-0.2, -0.15) is 5.10 Å². The summed E-state index contributed by atoms with van der Waals surface area (Å²) in [5.74, 6) is -0.170. The zero-order valence-corrected chi connectivity index (χ0v) is 21.8. The number of halogens is 1. The first-order valence-corrected chi connectivity index (χ1v) is 13.5. The molecule has 5 heteroatoms. The Kier molecular flexibility index (Phi) is 5.97. The van der Waals surface area contributed by atoms with Crippen molar-refractivity contribution in [2.45, 2.75) is 12.0 Å². The standard InChI is InChI=1S/C35H27FN4/c36-30-19-16-25(17-20-30)34-31(26-18-21-32-33(22-26)38-24-37-32)23-40(39-34)35(27-10-4-1-5-11-27,28-12-6-2-7-13-28)29-14-8-3-9-15-29/h1-14,16-24,29H,15H2,(H,37,38). The van der Waals surface area contributed by atoms with Crippen LogP contribution in [0.5, 0.6) is 0 Å². The number of rotatable bonds is 6. The number of aromatic nitrogens is 4.